The molecule has 0 atom stereocenters. The molecule has 0 aromatic carbocycles. The smallest absolute Gasteiger partial charge is 0.165 e. The monoisotopic (exact) mass is 232 g/mol. The van der Waals surface area contributed by atoms with E-state index < -0.39 is 0 Å². The molecule has 0 spiro atoms. The van der Waals surface area contributed by atoms with E-state index in [2.05, 4.69) is 15.0 Å². The van der Waals surface area contributed by atoms with Crippen molar-refractivity contribution in [3.05, 3.63) is 23.1 Å². The lowest BCUT2D eigenvalue weighted by molar-refractivity contribution is 1.04. The zero-order chi connectivity index (χ0) is 11.1. The van der Waals surface area contributed by atoms with Gasteiger partial charge in [0.25, 0.3) is 0 Å². The molecule has 0 saturated carbocycles. The van der Waals surface area contributed by atoms with Crippen molar-refractivity contribution >= 4 is 28.6 Å². The molecule has 4 nitrogen and oxygen atoms in total. The fraction of sp³-hybridized carbons (Fsp3) is 0.364. The maximum atomic E-state index is 5.98. The highest BCUT2D eigenvalue weighted by molar-refractivity contribution is 7.98. The number of aromatic nitrogens is 3. The number of nitrogens with two attached hydrogens (primary N) is 1. The van der Waals surface area contributed by atoms with Gasteiger partial charge in [-0.2, -0.15) is 11.8 Å². The summed E-state index contributed by atoms with van der Waals surface area (Å²) in [6.45, 7) is 1.84. The lowest BCUT2D eigenvalue weighted by Gasteiger charge is -2.17. The number of aryl methyl sites for hydroxylation is 2. The van der Waals surface area contributed by atoms with Gasteiger partial charge in [-0.1, -0.05) is 0 Å². The molecule has 1 aliphatic rings. The molecule has 3 rings (SSSR count). The average molecular weight is 232 g/mol. The van der Waals surface area contributed by atoms with Crippen LogP contribution in [0.3, 0.4) is 0 Å². The first-order valence-corrected chi connectivity index (χ1v) is 6.39. The third kappa shape index (κ3) is 1.43. The van der Waals surface area contributed by atoms with Gasteiger partial charge in [0.1, 0.15) is 11.6 Å². The molecule has 0 fully saturated rings. The van der Waals surface area contributed by atoms with Gasteiger partial charge in [0.15, 0.2) is 5.65 Å². The van der Waals surface area contributed by atoms with Gasteiger partial charge in [0.05, 0.1) is 5.39 Å². The summed E-state index contributed by atoms with van der Waals surface area (Å²) in [5, 5.41) is 0.954. The van der Waals surface area contributed by atoms with E-state index in [0.29, 0.717) is 11.6 Å². The Labute approximate surface area is 97.7 Å². The van der Waals surface area contributed by atoms with Crippen LogP contribution in [-0.2, 0) is 12.2 Å². The highest BCUT2D eigenvalue weighted by atomic mass is 32.2. The third-order valence-corrected chi connectivity index (χ3v) is 3.81. The van der Waals surface area contributed by atoms with Gasteiger partial charge < -0.3 is 5.73 Å². The van der Waals surface area contributed by atoms with Gasteiger partial charge in [0, 0.05) is 11.9 Å². The van der Waals surface area contributed by atoms with Crippen molar-refractivity contribution in [1.29, 1.82) is 0 Å². The Morgan fingerprint density at radius 3 is 3.12 bits per heavy atom. The van der Waals surface area contributed by atoms with Crippen molar-refractivity contribution in [2.24, 2.45) is 0 Å². The summed E-state index contributed by atoms with van der Waals surface area (Å²) in [5.41, 5.74) is 9.28. The van der Waals surface area contributed by atoms with Crippen molar-refractivity contribution in [2.75, 3.05) is 11.5 Å². The quantitative estimate of drug-likeness (QED) is 0.749. The van der Waals surface area contributed by atoms with Gasteiger partial charge in [-0.25, -0.2) is 15.0 Å². The Morgan fingerprint density at radius 2 is 2.25 bits per heavy atom. The Bertz CT molecular complexity index is 567. The molecule has 0 radical (unpaired) electrons. The van der Waals surface area contributed by atoms with E-state index in [1.54, 1.807) is 0 Å². The molecule has 16 heavy (non-hydrogen) atoms. The van der Waals surface area contributed by atoms with Gasteiger partial charge >= 0.3 is 0 Å². The number of nitrogens with zero attached hydrogens (tertiary/aromatic N) is 3. The second kappa shape index (κ2) is 3.59. The van der Waals surface area contributed by atoms with Crippen LogP contribution in [0.2, 0.25) is 0 Å². The van der Waals surface area contributed by atoms with Crippen LogP contribution >= 0.6 is 11.8 Å². The number of hydrogen-bond acceptors (Lipinski definition) is 5. The summed E-state index contributed by atoms with van der Waals surface area (Å²) in [6, 6.07) is 0. The van der Waals surface area contributed by atoms with Gasteiger partial charge in [-0.15, -0.1) is 0 Å². The van der Waals surface area contributed by atoms with Gasteiger partial charge in [-0.05, 0) is 30.2 Å². The highest BCUT2D eigenvalue weighted by Gasteiger charge is 2.16. The first-order valence-electron chi connectivity index (χ1n) is 5.24. The minimum Gasteiger partial charge on any atom is -0.383 e. The SMILES string of the molecule is Cc1nc(N)c2c3c(cnc2n1)CCSC3. The number of rotatable bonds is 0. The normalized spacial score (nSPS) is 15.1. The number of hydrogen-bond donors (Lipinski definition) is 1. The fourth-order valence-corrected chi connectivity index (χ4v) is 3.12. The second-order valence-electron chi connectivity index (χ2n) is 3.92. The molecular weight excluding hydrogens is 220 g/mol. The predicted molar refractivity (Wildman–Crippen MR) is 66.3 cm³/mol. The molecular formula is C11H12N4S. The summed E-state index contributed by atoms with van der Waals surface area (Å²) in [6.07, 6.45) is 3.00. The Hall–Kier alpha value is -1.36. The Kier molecular flexibility index (Phi) is 2.21. The fourth-order valence-electron chi connectivity index (χ4n) is 2.08. The minimum absolute atomic E-state index is 0.564. The van der Waals surface area contributed by atoms with E-state index in [-0.39, 0.29) is 0 Å². The zero-order valence-electron chi connectivity index (χ0n) is 9.03. The third-order valence-electron chi connectivity index (χ3n) is 2.82. The first-order chi connectivity index (χ1) is 7.75. The maximum absolute atomic E-state index is 5.98. The number of pyridine rings is 1. The number of nitrogen functional groups attached to an aromatic ring is 1. The Morgan fingerprint density at radius 1 is 1.38 bits per heavy atom. The largest absolute Gasteiger partial charge is 0.383 e. The molecule has 0 bridgehead atoms. The molecule has 0 aliphatic carbocycles. The number of anilines is 1. The summed E-state index contributed by atoms with van der Waals surface area (Å²) in [4.78, 5) is 12.9. The van der Waals surface area contributed by atoms with Crippen molar-refractivity contribution < 1.29 is 0 Å². The number of fused-ring (bicyclic) bond motifs is 3. The number of thioether (sulfide) groups is 1. The maximum Gasteiger partial charge on any atom is 0.165 e. The van der Waals surface area contributed by atoms with Crippen LogP contribution in [0.1, 0.15) is 17.0 Å². The summed E-state index contributed by atoms with van der Waals surface area (Å²) in [7, 11) is 0. The molecule has 2 aromatic rings. The molecule has 0 amide bonds. The van der Waals surface area contributed by atoms with Crippen LogP contribution in [0.25, 0.3) is 11.0 Å². The van der Waals surface area contributed by atoms with E-state index >= 15 is 0 Å². The molecule has 0 saturated heterocycles. The van der Waals surface area contributed by atoms with E-state index in [1.807, 2.05) is 24.9 Å². The van der Waals surface area contributed by atoms with Crippen LogP contribution in [0.15, 0.2) is 6.20 Å². The summed E-state index contributed by atoms with van der Waals surface area (Å²) >= 11 is 1.93. The van der Waals surface area contributed by atoms with Crippen molar-refractivity contribution in [3.63, 3.8) is 0 Å². The molecule has 82 valence electrons. The van der Waals surface area contributed by atoms with E-state index in [0.717, 1.165) is 29.0 Å². The molecule has 2 aromatic heterocycles. The van der Waals surface area contributed by atoms with E-state index in [4.69, 9.17) is 5.73 Å². The van der Waals surface area contributed by atoms with E-state index in [9.17, 15) is 0 Å². The van der Waals surface area contributed by atoms with Crippen LogP contribution in [0.5, 0.6) is 0 Å². The zero-order valence-corrected chi connectivity index (χ0v) is 9.84. The van der Waals surface area contributed by atoms with Crippen LogP contribution in [-0.4, -0.2) is 20.7 Å². The topological polar surface area (TPSA) is 64.7 Å². The van der Waals surface area contributed by atoms with E-state index in [1.165, 1.54) is 11.1 Å². The molecule has 0 unspecified atom stereocenters. The molecule has 5 heteroatoms. The summed E-state index contributed by atoms with van der Waals surface area (Å²) < 4.78 is 0. The highest BCUT2D eigenvalue weighted by Crippen LogP contribution is 2.31. The lowest BCUT2D eigenvalue weighted by Crippen LogP contribution is -2.08. The minimum atomic E-state index is 0.564. The van der Waals surface area contributed by atoms with Crippen LogP contribution in [0, 0.1) is 6.92 Å². The Balaban J connectivity index is 2.38. The van der Waals surface area contributed by atoms with Gasteiger partial charge in [-0.3, -0.25) is 0 Å². The lowest BCUT2D eigenvalue weighted by atomic mass is 10.1. The van der Waals surface area contributed by atoms with Crippen LogP contribution in [0.4, 0.5) is 5.82 Å². The predicted octanol–water partition coefficient (Wildman–Crippen LogP) is 1.70. The molecule has 3 heterocycles. The molecule has 1 aliphatic heterocycles. The first kappa shape index (κ1) is 9.84. The van der Waals surface area contributed by atoms with Gasteiger partial charge in [0.2, 0.25) is 0 Å². The second-order valence-corrected chi connectivity index (χ2v) is 5.02. The molecule has 2 N–H and O–H groups in total. The summed E-state index contributed by atoms with van der Waals surface area (Å²) in [5.74, 6) is 3.40. The standard InChI is InChI=1S/C11H12N4S/c1-6-14-10(12)9-8-5-16-3-2-7(8)4-13-11(9)15-6/h4H,2-3,5H2,1H3,(H2,12,13,14,15). The van der Waals surface area contributed by atoms with Crippen molar-refractivity contribution in [2.45, 2.75) is 19.1 Å². The van der Waals surface area contributed by atoms with Crippen molar-refractivity contribution in [3.8, 4) is 0 Å². The van der Waals surface area contributed by atoms with Crippen molar-refractivity contribution in [1.82, 2.24) is 15.0 Å². The van der Waals surface area contributed by atoms with Crippen LogP contribution < -0.4 is 5.73 Å². The average Bonchev–Trinajstić information content (AvgIpc) is 2.28.